The van der Waals surface area contributed by atoms with Crippen LogP contribution in [-0.4, -0.2) is 57.8 Å². The summed E-state index contributed by atoms with van der Waals surface area (Å²) in [7, 11) is 0. The van der Waals surface area contributed by atoms with Crippen LogP contribution < -0.4 is 0 Å². The maximum Gasteiger partial charge on any atom is 0.275 e. The van der Waals surface area contributed by atoms with Gasteiger partial charge in [0.05, 0.1) is 11.6 Å². The van der Waals surface area contributed by atoms with E-state index in [0.29, 0.717) is 18.3 Å². The number of carbonyl (C=O) groups excluding carboxylic acids is 1. The van der Waals surface area contributed by atoms with Crippen LogP contribution in [-0.2, 0) is 4.74 Å². The molecule has 0 radical (unpaired) electrons. The van der Waals surface area contributed by atoms with Gasteiger partial charge in [-0.25, -0.2) is 0 Å². The largest absolute Gasteiger partial charge is 0.376 e. The lowest BCUT2D eigenvalue weighted by molar-refractivity contribution is 0.0439. The highest BCUT2D eigenvalue weighted by molar-refractivity contribution is 7.99. The van der Waals surface area contributed by atoms with Crippen LogP contribution >= 0.6 is 11.8 Å². The Morgan fingerprint density at radius 3 is 3.09 bits per heavy atom. The summed E-state index contributed by atoms with van der Waals surface area (Å²) in [6.45, 7) is 1.50. The molecule has 1 amide bonds. The number of aromatic amines is 1. The summed E-state index contributed by atoms with van der Waals surface area (Å²) in [6, 6.07) is 8.11. The zero-order valence-electron chi connectivity index (χ0n) is 13.0. The van der Waals surface area contributed by atoms with Crippen molar-refractivity contribution in [3.8, 4) is 0 Å². The molecular formula is C17H21N3O2S. The minimum absolute atomic E-state index is 0.0328. The van der Waals surface area contributed by atoms with Crippen molar-refractivity contribution in [3.63, 3.8) is 0 Å². The number of amides is 1. The summed E-state index contributed by atoms with van der Waals surface area (Å²) >= 11 is 1.92. The lowest BCUT2D eigenvalue weighted by Gasteiger charge is -2.30. The van der Waals surface area contributed by atoms with E-state index in [-0.39, 0.29) is 12.0 Å². The second kappa shape index (κ2) is 6.53. The van der Waals surface area contributed by atoms with Gasteiger partial charge in [-0.15, -0.1) is 0 Å². The highest BCUT2D eigenvalue weighted by Crippen LogP contribution is 2.27. The first kappa shape index (κ1) is 15.0. The number of para-hydroxylation sites is 1. The molecule has 2 fully saturated rings. The molecule has 2 saturated heterocycles. The summed E-state index contributed by atoms with van der Waals surface area (Å²) in [4.78, 5) is 15.2. The lowest BCUT2D eigenvalue weighted by atomic mass is 10.1. The van der Waals surface area contributed by atoms with E-state index in [4.69, 9.17) is 4.74 Å². The molecule has 3 heterocycles. The number of aromatic nitrogens is 2. The second-order valence-electron chi connectivity index (χ2n) is 6.23. The molecule has 2 atom stereocenters. The molecule has 1 N–H and O–H groups in total. The topological polar surface area (TPSA) is 58.2 Å². The van der Waals surface area contributed by atoms with Gasteiger partial charge >= 0.3 is 0 Å². The number of thioether (sulfide) groups is 1. The number of benzene rings is 1. The maximum absolute atomic E-state index is 13.2. The lowest BCUT2D eigenvalue weighted by Crippen LogP contribution is -2.45. The van der Waals surface area contributed by atoms with Crippen LogP contribution in [0.25, 0.3) is 10.9 Å². The van der Waals surface area contributed by atoms with Crippen molar-refractivity contribution in [1.29, 1.82) is 0 Å². The molecule has 2 unspecified atom stereocenters. The molecule has 0 spiro atoms. The molecule has 2 aromatic rings. The van der Waals surface area contributed by atoms with Crippen LogP contribution in [0.15, 0.2) is 24.3 Å². The monoisotopic (exact) mass is 331 g/mol. The molecule has 6 heteroatoms. The summed E-state index contributed by atoms with van der Waals surface area (Å²) in [5.74, 6) is 2.17. The van der Waals surface area contributed by atoms with Crippen LogP contribution in [0, 0.1) is 0 Å². The minimum atomic E-state index is 0.0328. The van der Waals surface area contributed by atoms with E-state index in [1.165, 1.54) is 0 Å². The van der Waals surface area contributed by atoms with Gasteiger partial charge in [-0.05, 0) is 31.1 Å². The number of ether oxygens (including phenoxy) is 1. The molecule has 2 aliphatic heterocycles. The van der Waals surface area contributed by atoms with Crippen LogP contribution in [0.1, 0.15) is 29.8 Å². The van der Waals surface area contributed by atoms with Gasteiger partial charge in [0.2, 0.25) is 0 Å². The average Bonchev–Trinajstić information content (AvgIpc) is 3.32. The van der Waals surface area contributed by atoms with E-state index in [9.17, 15) is 4.79 Å². The molecule has 2 aliphatic rings. The Bertz CT molecular complexity index is 690. The predicted octanol–water partition coefficient (Wildman–Crippen LogP) is 2.69. The smallest absolute Gasteiger partial charge is 0.275 e. The Labute approximate surface area is 139 Å². The van der Waals surface area contributed by atoms with Crippen molar-refractivity contribution < 1.29 is 9.53 Å². The highest BCUT2D eigenvalue weighted by Gasteiger charge is 2.32. The molecule has 122 valence electrons. The summed E-state index contributed by atoms with van der Waals surface area (Å²) < 4.78 is 5.77. The van der Waals surface area contributed by atoms with E-state index in [1.54, 1.807) is 0 Å². The van der Waals surface area contributed by atoms with E-state index in [0.717, 1.165) is 48.3 Å². The van der Waals surface area contributed by atoms with Crippen molar-refractivity contribution in [2.24, 2.45) is 0 Å². The van der Waals surface area contributed by atoms with Crippen LogP contribution in [0.4, 0.5) is 0 Å². The molecule has 1 aromatic carbocycles. The maximum atomic E-state index is 13.2. The number of hydrogen-bond acceptors (Lipinski definition) is 4. The van der Waals surface area contributed by atoms with Gasteiger partial charge < -0.3 is 9.64 Å². The number of nitrogens with one attached hydrogen (secondary N) is 1. The molecule has 1 aromatic heterocycles. The normalized spacial score (nSPS) is 24.3. The Balaban J connectivity index is 1.62. The fourth-order valence-corrected chi connectivity index (χ4v) is 4.66. The molecule has 5 nitrogen and oxygen atoms in total. The summed E-state index contributed by atoms with van der Waals surface area (Å²) in [5.41, 5.74) is 1.45. The van der Waals surface area contributed by atoms with Gasteiger partial charge in [-0.1, -0.05) is 18.2 Å². The van der Waals surface area contributed by atoms with Crippen LogP contribution in [0.5, 0.6) is 0 Å². The fourth-order valence-electron chi connectivity index (χ4n) is 3.44. The van der Waals surface area contributed by atoms with Gasteiger partial charge in [0.15, 0.2) is 5.69 Å². The van der Waals surface area contributed by atoms with Crippen molar-refractivity contribution in [2.45, 2.75) is 31.4 Å². The average molecular weight is 331 g/mol. The number of hydrogen-bond donors (Lipinski definition) is 1. The third-order valence-corrected chi connectivity index (χ3v) is 5.85. The van der Waals surface area contributed by atoms with E-state index in [2.05, 4.69) is 10.2 Å². The SMILES string of the molecule is O=C(c1n[nH]c2ccccc12)N(CC1CCCO1)C1CCSC1. The third kappa shape index (κ3) is 2.97. The first-order chi connectivity index (χ1) is 11.3. The standard InChI is InChI=1S/C17H21N3O2S/c21-17(16-14-5-1-2-6-15(14)18-19-16)20(12-7-9-23-11-12)10-13-4-3-8-22-13/h1-2,5-6,12-13H,3-4,7-11H2,(H,18,19). The van der Waals surface area contributed by atoms with Crippen molar-refractivity contribution in [1.82, 2.24) is 15.1 Å². The molecule has 0 aliphatic carbocycles. The number of nitrogens with zero attached hydrogens (tertiary/aromatic N) is 2. The van der Waals surface area contributed by atoms with Gasteiger partial charge in [0, 0.05) is 30.3 Å². The zero-order valence-corrected chi connectivity index (χ0v) is 13.8. The number of H-pyrrole nitrogens is 1. The van der Waals surface area contributed by atoms with Crippen molar-refractivity contribution >= 4 is 28.6 Å². The van der Waals surface area contributed by atoms with E-state index in [1.807, 2.05) is 40.9 Å². The number of fused-ring (bicyclic) bond motifs is 1. The summed E-state index contributed by atoms with van der Waals surface area (Å²) in [6.07, 6.45) is 3.38. The third-order valence-electron chi connectivity index (χ3n) is 4.70. The quantitative estimate of drug-likeness (QED) is 0.936. The molecule has 0 saturated carbocycles. The molecule has 0 bridgehead atoms. The van der Waals surface area contributed by atoms with Crippen molar-refractivity contribution in [2.75, 3.05) is 24.7 Å². The first-order valence-electron chi connectivity index (χ1n) is 8.26. The van der Waals surface area contributed by atoms with Crippen molar-refractivity contribution in [3.05, 3.63) is 30.0 Å². The van der Waals surface area contributed by atoms with Crippen LogP contribution in [0.3, 0.4) is 0 Å². The number of carbonyl (C=O) groups is 1. The van der Waals surface area contributed by atoms with Gasteiger partial charge in [0.25, 0.3) is 5.91 Å². The van der Waals surface area contributed by atoms with E-state index < -0.39 is 0 Å². The van der Waals surface area contributed by atoms with Gasteiger partial charge in [0.1, 0.15) is 0 Å². The molecule has 4 rings (SSSR count). The molecule has 23 heavy (non-hydrogen) atoms. The number of rotatable bonds is 4. The Kier molecular flexibility index (Phi) is 4.27. The minimum Gasteiger partial charge on any atom is -0.376 e. The second-order valence-corrected chi connectivity index (χ2v) is 7.38. The van der Waals surface area contributed by atoms with Crippen LogP contribution in [0.2, 0.25) is 0 Å². The summed E-state index contributed by atoms with van der Waals surface area (Å²) in [5, 5.41) is 8.18. The first-order valence-corrected chi connectivity index (χ1v) is 9.42. The highest BCUT2D eigenvalue weighted by atomic mass is 32.2. The Morgan fingerprint density at radius 2 is 2.30 bits per heavy atom. The van der Waals surface area contributed by atoms with E-state index >= 15 is 0 Å². The molecular weight excluding hydrogens is 310 g/mol. The Morgan fingerprint density at radius 1 is 1.39 bits per heavy atom. The Hall–Kier alpha value is -1.53. The van der Waals surface area contributed by atoms with Gasteiger partial charge in [-0.2, -0.15) is 16.9 Å². The fraction of sp³-hybridized carbons (Fsp3) is 0.529. The van der Waals surface area contributed by atoms with Gasteiger partial charge in [-0.3, -0.25) is 9.89 Å². The zero-order chi connectivity index (χ0) is 15.6. The predicted molar refractivity (Wildman–Crippen MR) is 91.8 cm³/mol.